The topological polar surface area (TPSA) is 56.7 Å². The predicted octanol–water partition coefficient (Wildman–Crippen LogP) is 1.21. The third-order valence-electron chi connectivity index (χ3n) is 2.02. The second-order valence-electron chi connectivity index (χ2n) is 3.22. The molecule has 2 aromatic heterocycles. The van der Waals surface area contributed by atoms with Gasteiger partial charge in [-0.15, -0.1) is 0 Å². The van der Waals surface area contributed by atoms with Crippen LogP contribution >= 0.6 is 12.2 Å². The molecule has 0 aliphatic rings. The molecule has 0 fully saturated rings. The zero-order chi connectivity index (χ0) is 10.8. The molecule has 0 amide bonds. The molecule has 0 aliphatic carbocycles. The van der Waals surface area contributed by atoms with Gasteiger partial charge in [-0.1, -0.05) is 12.2 Å². The highest BCUT2D eigenvalue weighted by Gasteiger charge is 2.07. The Morgan fingerprint density at radius 3 is 2.87 bits per heavy atom. The van der Waals surface area contributed by atoms with Crippen molar-refractivity contribution in [1.29, 1.82) is 0 Å². The Hall–Kier alpha value is -1.75. The molecule has 2 rings (SSSR count). The van der Waals surface area contributed by atoms with E-state index in [-0.39, 0.29) is 0 Å². The molecule has 0 saturated carbocycles. The van der Waals surface area contributed by atoms with Crippen molar-refractivity contribution in [2.45, 2.75) is 6.92 Å². The molecule has 0 saturated heterocycles. The van der Waals surface area contributed by atoms with E-state index < -0.39 is 0 Å². The van der Waals surface area contributed by atoms with Gasteiger partial charge in [-0.2, -0.15) is 5.10 Å². The van der Waals surface area contributed by atoms with Crippen LogP contribution < -0.4 is 5.73 Å². The zero-order valence-corrected chi connectivity index (χ0v) is 9.03. The van der Waals surface area contributed by atoms with Crippen molar-refractivity contribution >= 4 is 17.2 Å². The van der Waals surface area contributed by atoms with Crippen LogP contribution in [0.3, 0.4) is 0 Å². The van der Waals surface area contributed by atoms with E-state index in [1.54, 1.807) is 29.3 Å². The van der Waals surface area contributed by atoms with E-state index in [1.165, 1.54) is 0 Å². The van der Waals surface area contributed by atoms with Gasteiger partial charge in [-0.25, -0.2) is 4.68 Å². The molecule has 0 aliphatic heterocycles. The molecular formula is C10H10N4S. The van der Waals surface area contributed by atoms with Crippen LogP contribution in [0, 0.1) is 6.92 Å². The summed E-state index contributed by atoms with van der Waals surface area (Å²) in [4.78, 5) is 4.39. The summed E-state index contributed by atoms with van der Waals surface area (Å²) in [6, 6.07) is 1.79. The van der Waals surface area contributed by atoms with E-state index in [2.05, 4.69) is 10.1 Å². The Morgan fingerprint density at radius 2 is 2.27 bits per heavy atom. The zero-order valence-electron chi connectivity index (χ0n) is 8.21. The van der Waals surface area contributed by atoms with Crippen LogP contribution in [0.2, 0.25) is 0 Å². The first-order valence-corrected chi connectivity index (χ1v) is 4.85. The fraction of sp³-hybridized carbons (Fsp3) is 0.100. The second-order valence-corrected chi connectivity index (χ2v) is 3.66. The standard InChI is InChI=1S/C10H10N4S/c1-7-4-13-14(6-7)9-5-12-3-2-8(9)10(11)15/h2-6H,1H3,(H2,11,15). The molecule has 0 aromatic carbocycles. The van der Waals surface area contributed by atoms with Gasteiger partial charge in [-0.05, 0) is 18.6 Å². The summed E-state index contributed by atoms with van der Waals surface area (Å²) in [6.45, 7) is 1.97. The lowest BCUT2D eigenvalue weighted by Crippen LogP contribution is -2.13. The summed E-state index contributed by atoms with van der Waals surface area (Å²) in [5.74, 6) is 0. The smallest absolute Gasteiger partial charge is 0.106 e. The molecule has 0 radical (unpaired) electrons. The van der Waals surface area contributed by atoms with Crippen LogP contribution in [0.5, 0.6) is 0 Å². The average Bonchev–Trinajstić information content (AvgIpc) is 2.65. The molecule has 2 N–H and O–H groups in total. The first kappa shape index (κ1) is 9.79. The number of aromatic nitrogens is 3. The highest BCUT2D eigenvalue weighted by molar-refractivity contribution is 7.80. The van der Waals surface area contributed by atoms with Crippen molar-refractivity contribution in [2.24, 2.45) is 5.73 Å². The van der Waals surface area contributed by atoms with E-state index in [9.17, 15) is 0 Å². The van der Waals surface area contributed by atoms with Crippen LogP contribution in [0.15, 0.2) is 30.9 Å². The van der Waals surface area contributed by atoms with Crippen molar-refractivity contribution in [1.82, 2.24) is 14.8 Å². The van der Waals surface area contributed by atoms with Gasteiger partial charge in [0.05, 0.1) is 18.1 Å². The Kier molecular flexibility index (Phi) is 2.47. The number of hydrogen-bond acceptors (Lipinski definition) is 3. The molecule has 2 aromatic rings. The molecule has 76 valence electrons. The van der Waals surface area contributed by atoms with E-state index in [0.29, 0.717) is 4.99 Å². The van der Waals surface area contributed by atoms with Gasteiger partial charge in [0.25, 0.3) is 0 Å². The molecule has 2 heterocycles. The molecule has 0 unspecified atom stereocenters. The van der Waals surface area contributed by atoms with Gasteiger partial charge in [0.15, 0.2) is 0 Å². The lowest BCUT2D eigenvalue weighted by atomic mass is 10.2. The number of thiocarbonyl (C=S) groups is 1. The fourth-order valence-electron chi connectivity index (χ4n) is 1.32. The minimum Gasteiger partial charge on any atom is -0.389 e. The molecular weight excluding hydrogens is 208 g/mol. The summed E-state index contributed by atoms with van der Waals surface area (Å²) >= 11 is 4.97. The average molecular weight is 218 g/mol. The van der Waals surface area contributed by atoms with Crippen molar-refractivity contribution in [3.05, 3.63) is 42.0 Å². The largest absolute Gasteiger partial charge is 0.389 e. The van der Waals surface area contributed by atoms with Crippen LogP contribution in [-0.2, 0) is 0 Å². The Morgan fingerprint density at radius 1 is 1.47 bits per heavy atom. The van der Waals surface area contributed by atoms with E-state index in [4.69, 9.17) is 18.0 Å². The monoisotopic (exact) mass is 218 g/mol. The van der Waals surface area contributed by atoms with E-state index >= 15 is 0 Å². The van der Waals surface area contributed by atoms with Crippen molar-refractivity contribution in [3.8, 4) is 5.69 Å². The predicted molar refractivity (Wildman–Crippen MR) is 62.0 cm³/mol. The lowest BCUT2D eigenvalue weighted by molar-refractivity contribution is 0.871. The maximum atomic E-state index is 5.62. The lowest BCUT2D eigenvalue weighted by Gasteiger charge is -2.06. The molecule has 15 heavy (non-hydrogen) atoms. The number of hydrogen-bond donors (Lipinski definition) is 1. The maximum Gasteiger partial charge on any atom is 0.106 e. The van der Waals surface area contributed by atoms with Gasteiger partial charge in [0.1, 0.15) is 4.99 Å². The molecule has 0 spiro atoms. The summed E-state index contributed by atoms with van der Waals surface area (Å²) < 4.78 is 1.72. The Bertz CT molecular complexity index is 504. The minimum absolute atomic E-state index is 0.348. The van der Waals surface area contributed by atoms with Crippen LogP contribution in [0.1, 0.15) is 11.1 Å². The van der Waals surface area contributed by atoms with Crippen LogP contribution in [-0.4, -0.2) is 19.8 Å². The third kappa shape index (κ3) is 1.87. The first-order valence-electron chi connectivity index (χ1n) is 4.44. The summed E-state index contributed by atoms with van der Waals surface area (Å²) in [7, 11) is 0. The maximum absolute atomic E-state index is 5.62. The number of rotatable bonds is 2. The normalized spacial score (nSPS) is 10.2. The van der Waals surface area contributed by atoms with Crippen molar-refractivity contribution < 1.29 is 0 Å². The van der Waals surface area contributed by atoms with Crippen LogP contribution in [0.4, 0.5) is 0 Å². The minimum atomic E-state index is 0.348. The quantitative estimate of drug-likeness (QED) is 0.770. The van der Waals surface area contributed by atoms with Gasteiger partial charge >= 0.3 is 0 Å². The highest BCUT2D eigenvalue weighted by Crippen LogP contribution is 2.12. The highest BCUT2D eigenvalue weighted by atomic mass is 32.1. The Labute approximate surface area is 92.7 Å². The molecule has 0 atom stereocenters. The SMILES string of the molecule is Cc1cnn(-c2cnccc2C(N)=S)c1. The fourth-order valence-corrected chi connectivity index (χ4v) is 1.49. The van der Waals surface area contributed by atoms with Crippen molar-refractivity contribution in [2.75, 3.05) is 0 Å². The summed E-state index contributed by atoms with van der Waals surface area (Å²) in [6.07, 6.45) is 7.03. The molecule has 4 nitrogen and oxygen atoms in total. The Balaban J connectivity index is 2.57. The van der Waals surface area contributed by atoms with Crippen molar-refractivity contribution in [3.63, 3.8) is 0 Å². The number of pyridine rings is 1. The van der Waals surface area contributed by atoms with E-state index in [0.717, 1.165) is 16.8 Å². The van der Waals surface area contributed by atoms with Gasteiger partial charge in [-0.3, -0.25) is 4.98 Å². The summed E-state index contributed by atoms with van der Waals surface area (Å²) in [5, 5.41) is 4.19. The first-order chi connectivity index (χ1) is 7.18. The number of nitrogens with two attached hydrogens (primary N) is 1. The van der Waals surface area contributed by atoms with E-state index in [1.807, 2.05) is 13.1 Å². The van der Waals surface area contributed by atoms with Gasteiger partial charge in [0, 0.05) is 18.0 Å². The van der Waals surface area contributed by atoms with Gasteiger partial charge in [0.2, 0.25) is 0 Å². The van der Waals surface area contributed by atoms with Gasteiger partial charge < -0.3 is 5.73 Å². The van der Waals surface area contributed by atoms with Crippen LogP contribution in [0.25, 0.3) is 5.69 Å². The summed E-state index contributed by atoms with van der Waals surface area (Å²) in [5.41, 5.74) is 8.28. The molecule has 5 heteroatoms. The second kappa shape index (κ2) is 3.78. The number of nitrogens with zero attached hydrogens (tertiary/aromatic N) is 3. The number of aryl methyl sites for hydroxylation is 1. The third-order valence-corrected chi connectivity index (χ3v) is 2.24. The molecule has 0 bridgehead atoms.